The maximum Gasteiger partial charge on any atom is 0.159 e. The fourth-order valence-corrected chi connectivity index (χ4v) is 1.83. The molecular formula is C12H17N3O. The molecule has 2 heterocycles. The molecule has 0 spiro atoms. The van der Waals surface area contributed by atoms with Crippen molar-refractivity contribution in [3.8, 4) is 0 Å². The van der Waals surface area contributed by atoms with Gasteiger partial charge in [-0.15, -0.1) is 0 Å². The van der Waals surface area contributed by atoms with Crippen molar-refractivity contribution in [2.24, 2.45) is 0 Å². The van der Waals surface area contributed by atoms with Gasteiger partial charge in [0.05, 0.1) is 11.8 Å². The van der Waals surface area contributed by atoms with Crippen molar-refractivity contribution in [3.63, 3.8) is 0 Å². The first-order valence-electron chi connectivity index (χ1n) is 5.42. The van der Waals surface area contributed by atoms with Gasteiger partial charge >= 0.3 is 0 Å². The van der Waals surface area contributed by atoms with Crippen LogP contribution in [0.2, 0.25) is 0 Å². The van der Waals surface area contributed by atoms with Crippen LogP contribution in [0.4, 0.5) is 0 Å². The molecule has 0 saturated carbocycles. The summed E-state index contributed by atoms with van der Waals surface area (Å²) < 4.78 is 1.71. The number of aliphatic hydroxyl groups is 1. The van der Waals surface area contributed by atoms with Crippen LogP contribution in [-0.2, 0) is 5.41 Å². The molecule has 1 unspecified atom stereocenters. The minimum atomic E-state index is -0.543. The van der Waals surface area contributed by atoms with E-state index in [1.165, 1.54) is 6.33 Å². The Morgan fingerprint density at radius 1 is 1.31 bits per heavy atom. The van der Waals surface area contributed by atoms with Crippen molar-refractivity contribution in [2.45, 2.75) is 39.2 Å². The SMILES string of the molecule is CC(O)c1ccc(C(C)(C)C)c2ncnn12. The van der Waals surface area contributed by atoms with Gasteiger partial charge in [0.15, 0.2) is 5.65 Å². The average Bonchev–Trinajstić information content (AvgIpc) is 2.61. The number of fused-ring (bicyclic) bond motifs is 1. The lowest BCUT2D eigenvalue weighted by Gasteiger charge is -2.20. The van der Waals surface area contributed by atoms with Gasteiger partial charge in [-0.25, -0.2) is 9.50 Å². The maximum absolute atomic E-state index is 9.65. The summed E-state index contributed by atoms with van der Waals surface area (Å²) in [6.07, 6.45) is 0.981. The highest BCUT2D eigenvalue weighted by atomic mass is 16.3. The predicted octanol–water partition coefficient (Wildman–Crippen LogP) is 2.08. The summed E-state index contributed by atoms with van der Waals surface area (Å²) in [5.41, 5.74) is 2.74. The van der Waals surface area contributed by atoms with E-state index in [1.807, 2.05) is 12.1 Å². The van der Waals surface area contributed by atoms with Gasteiger partial charge in [-0.1, -0.05) is 26.8 Å². The van der Waals surface area contributed by atoms with E-state index in [1.54, 1.807) is 11.4 Å². The summed E-state index contributed by atoms with van der Waals surface area (Å²) >= 11 is 0. The lowest BCUT2D eigenvalue weighted by molar-refractivity contribution is 0.191. The monoisotopic (exact) mass is 219 g/mol. The molecule has 0 aromatic carbocycles. The third-order valence-corrected chi connectivity index (χ3v) is 2.69. The molecule has 0 bridgehead atoms. The largest absolute Gasteiger partial charge is 0.387 e. The fourth-order valence-electron chi connectivity index (χ4n) is 1.83. The van der Waals surface area contributed by atoms with Crippen LogP contribution in [0.3, 0.4) is 0 Å². The van der Waals surface area contributed by atoms with Crippen LogP contribution in [0.5, 0.6) is 0 Å². The minimum Gasteiger partial charge on any atom is -0.387 e. The van der Waals surface area contributed by atoms with Gasteiger partial charge in [0.1, 0.15) is 6.33 Å². The lowest BCUT2D eigenvalue weighted by atomic mass is 9.87. The van der Waals surface area contributed by atoms with Crippen LogP contribution in [0.25, 0.3) is 5.65 Å². The van der Waals surface area contributed by atoms with E-state index in [2.05, 4.69) is 30.9 Å². The fraction of sp³-hybridized carbons (Fsp3) is 0.500. The van der Waals surface area contributed by atoms with Crippen LogP contribution in [0.15, 0.2) is 18.5 Å². The molecule has 0 saturated heterocycles. The first-order valence-corrected chi connectivity index (χ1v) is 5.42. The first kappa shape index (κ1) is 11.1. The number of hydrogen-bond donors (Lipinski definition) is 1. The number of rotatable bonds is 1. The highest BCUT2D eigenvalue weighted by Gasteiger charge is 2.20. The Bertz CT molecular complexity index is 508. The Hall–Kier alpha value is -1.42. The molecular weight excluding hydrogens is 202 g/mol. The molecule has 4 heteroatoms. The van der Waals surface area contributed by atoms with Gasteiger partial charge in [0.25, 0.3) is 0 Å². The number of hydrogen-bond acceptors (Lipinski definition) is 3. The van der Waals surface area contributed by atoms with Gasteiger partial charge in [0, 0.05) is 5.56 Å². The molecule has 0 amide bonds. The van der Waals surface area contributed by atoms with E-state index < -0.39 is 6.10 Å². The molecule has 0 fully saturated rings. The zero-order valence-corrected chi connectivity index (χ0v) is 10.1. The molecule has 2 aromatic heterocycles. The molecule has 2 rings (SSSR count). The first-order chi connectivity index (χ1) is 7.41. The zero-order chi connectivity index (χ0) is 11.9. The van der Waals surface area contributed by atoms with Crippen LogP contribution < -0.4 is 0 Å². The van der Waals surface area contributed by atoms with Crippen molar-refractivity contribution in [3.05, 3.63) is 29.7 Å². The smallest absolute Gasteiger partial charge is 0.159 e. The summed E-state index contributed by atoms with van der Waals surface area (Å²) in [5, 5.41) is 13.8. The number of nitrogens with zero attached hydrogens (tertiary/aromatic N) is 3. The number of pyridine rings is 1. The molecule has 0 aliphatic rings. The van der Waals surface area contributed by atoms with E-state index in [0.717, 1.165) is 16.9 Å². The van der Waals surface area contributed by atoms with Crippen LogP contribution in [0, 0.1) is 0 Å². The van der Waals surface area contributed by atoms with Crippen molar-refractivity contribution in [1.29, 1.82) is 0 Å². The van der Waals surface area contributed by atoms with E-state index >= 15 is 0 Å². The molecule has 0 aliphatic heterocycles. The average molecular weight is 219 g/mol. The summed E-state index contributed by atoms with van der Waals surface area (Å²) in [7, 11) is 0. The summed E-state index contributed by atoms with van der Waals surface area (Å²) in [6.45, 7) is 8.14. The third kappa shape index (κ3) is 1.69. The molecule has 0 aliphatic carbocycles. The standard InChI is InChI=1S/C12H17N3O/c1-8(16)10-6-5-9(12(2,3)4)11-13-7-14-15(10)11/h5-8,16H,1-4H3. The van der Waals surface area contributed by atoms with Crippen LogP contribution in [0.1, 0.15) is 45.1 Å². The van der Waals surface area contributed by atoms with Crippen LogP contribution in [-0.4, -0.2) is 19.7 Å². The van der Waals surface area contributed by atoms with Crippen LogP contribution >= 0.6 is 0 Å². The molecule has 2 aromatic rings. The van der Waals surface area contributed by atoms with E-state index in [4.69, 9.17) is 0 Å². The Kier molecular flexibility index (Phi) is 2.46. The normalized spacial score (nSPS) is 14.3. The predicted molar refractivity (Wildman–Crippen MR) is 62.3 cm³/mol. The molecule has 4 nitrogen and oxygen atoms in total. The second-order valence-electron chi connectivity index (χ2n) is 5.09. The van der Waals surface area contributed by atoms with Gasteiger partial charge < -0.3 is 5.11 Å². The van der Waals surface area contributed by atoms with Gasteiger partial charge in [-0.3, -0.25) is 0 Å². The van der Waals surface area contributed by atoms with Gasteiger partial charge in [-0.2, -0.15) is 5.10 Å². The molecule has 1 N–H and O–H groups in total. The van der Waals surface area contributed by atoms with Crippen molar-refractivity contribution >= 4 is 5.65 Å². The lowest BCUT2D eigenvalue weighted by Crippen LogP contribution is -2.15. The Morgan fingerprint density at radius 2 is 2.00 bits per heavy atom. The number of aromatic nitrogens is 3. The van der Waals surface area contributed by atoms with Gasteiger partial charge in [-0.05, 0) is 18.4 Å². The van der Waals surface area contributed by atoms with Crippen molar-refractivity contribution < 1.29 is 5.11 Å². The summed E-state index contributed by atoms with van der Waals surface area (Å²) in [6, 6.07) is 3.93. The summed E-state index contributed by atoms with van der Waals surface area (Å²) in [4.78, 5) is 4.27. The third-order valence-electron chi connectivity index (χ3n) is 2.69. The highest BCUT2D eigenvalue weighted by Crippen LogP contribution is 2.27. The minimum absolute atomic E-state index is 0.0194. The van der Waals surface area contributed by atoms with E-state index in [9.17, 15) is 5.11 Å². The Balaban J connectivity index is 2.74. The second-order valence-corrected chi connectivity index (χ2v) is 5.09. The molecule has 1 atom stereocenters. The van der Waals surface area contributed by atoms with E-state index in [0.29, 0.717) is 0 Å². The molecule has 86 valence electrons. The zero-order valence-electron chi connectivity index (χ0n) is 10.1. The second kappa shape index (κ2) is 3.56. The van der Waals surface area contributed by atoms with Crippen molar-refractivity contribution in [2.75, 3.05) is 0 Å². The topological polar surface area (TPSA) is 50.4 Å². The Labute approximate surface area is 94.9 Å². The van der Waals surface area contributed by atoms with Gasteiger partial charge in [0.2, 0.25) is 0 Å². The molecule has 0 radical (unpaired) electrons. The highest BCUT2D eigenvalue weighted by molar-refractivity contribution is 5.51. The van der Waals surface area contributed by atoms with Crippen molar-refractivity contribution in [1.82, 2.24) is 14.6 Å². The summed E-state index contributed by atoms with van der Waals surface area (Å²) in [5.74, 6) is 0. The maximum atomic E-state index is 9.65. The number of aliphatic hydroxyl groups excluding tert-OH is 1. The molecule has 16 heavy (non-hydrogen) atoms. The van der Waals surface area contributed by atoms with E-state index in [-0.39, 0.29) is 5.41 Å². The Morgan fingerprint density at radius 3 is 2.56 bits per heavy atom. The quantitative estimate of drug-likeness (QED) is 0.799.